The lowest BCUT2D eigenvalue weighted by Crippen LogP contribution is -2.28. The highest BCUT2D eigenvalue weighted by atomic mass is 35.5. The van der Waals surface area contributed by atoms with Crippen molar-refractivity contribution >= 4 is 35.6 Å². The zero-order valence-corrected chi connectivity index (χ0v) is 18.9. The molecule has 2 fully saturated rings. The normalized spacial score (nSPS) is 24.8. The number of imide groups is 1. The highest BCUT2D eigenvalue weighted by Crippen LogP contribution is 2.52. The van der Waals surface area contributed by atoms with Crippen LogP contribution in [-0.2, 0) is 16.2 Å². The second-order valence-electron chi connectivity index (χ2n) is 8.55. The number of ether oxygens (including phenoxy) is 2. The lowest BCUT2D eigenvalue weighted by molar-refractivity contribution is -0.140. The molecule has 1 heterocycles. The van der Waals surface area contributed by atoms with Crippen LogP contribution >= 0.6 is 11.6 Å². The zero-order chi connectivity index (χ0) is 24.0. The monoisotopic (exact) mass is 480 g/mol. The summed E-state index contributed by atoms with van der Waals surface area (Å²) in [5.74, 6) is -1.35. The number of allylic oxidation sites excluding steroid dienone is 2. The number of hydrogen-bond donors (Lipinski definition) is 1. The van der Waals surface area contributed by atoms with Crippen LogP contribution in [-0.4, -0.2) is 41.2 Å². The fourth-order valence-corrected chi connectivity index (χ4v) is 5.23. The van der Waals surface area contributed by atoms with Gasteiger partial charge in [0.1, 0.15) is 6.61 Å². The van der Waals surface area contributed by atoms with Crippen LogP contribution in [0.25, 0.3) is 0 Å². The number of amides is 2. The van der Waals surface area contributed by atoms with Crippen LogP contribution in [0.3, 0.4) is 0 Å². The van der Waals surface area contributed by atoms with Gasteiger partial charge in [-0.05, 0) is 42.0 Å². The summed E-state index contributed by atoms with van der Waals surface area (Å²) in [6, 6.07) is 9.48. The summed E-state index contributed by atoms with van der Waals surface area (Å²) in [7, 11) is 1.47. The fourth-order valence-electron chi connectivity index (χ4n) is 5.01. The summed E-state index contributed by atoms with van der Waals surface area (Å²) in [5, 5.41) is 14.6. The largest absolute Gasteiger partial charge is 0.493 e. The van der Waals surface area contributed by atoms with Crippen molar-refractivity contribution < 1.29 is 29.0 Å². The highest BCUT2D eigenvalue weighted by Gasteiger charge is 2.59. The predicted molar refractivity (Wildman–Crippen MR) is 123 cm³/mol. The summed E-state index contributed by atoms with van der Waals surface area (Å²) in [6.45, 7) is 0.124. The number of carbonyl (C=O) groups excluding carboxylic acids is 2. The van der Waals surface area contributed by atoms with Crippen molar-refractivity contribution in [1.82, 2.24) is 5.01 Å². The topological polar surface area (TPSA) is 106 Å². The second kappa shape index (κ2) is 8.61. The molecule has 2 aromatic carbocycles. The van der Waals surface area contributed by atoms with Gasteiger partial charge in [-0.1, -0.05) is 35.9 Å². The Kier molecular flexibility index (Phi) is 5.61. The minimum absolute atomic E-state index is 0.101. The smallest absolute Gasteiger partial charge is 0.335 e. The van der Waals surface area contributed by atoms with E-state index in [2.05, 4.69) is 5.10 Å². The number of carboxylic acids is 1. The van der Waals surface area contributed by atoms with Crippen LogP contribution in [0.15, 0.2) is 53.7 Å². The Morgan fingerprint density at radius 1 is 1.15 bits per heavy atom. The molecule has 0 spiro atoms. The van der Waals surface area contributed by atoms with Crippen molar-refractivity contribution in [3.8, 4) is 11.5 Å². The summed E-state index contributed by atoms with van der Waals surface area (Å²) < 4.78 is 11.4. The Balaban J connectivity index is 1.39. The second-order valence-corrected chi connectivity index (χ2v) is 8.99. The van der Waals surface area contributed by atoms with Crippen molar-refractivity contribution in [3.05, 3.63) is 70.3 Å². The van der Waals surface area contributed by atoms with Gasteiger partial charge >= 0.3 is 5.97 Å². The van der Waals surface area contributed by atoms with Crippen molar-refractivity contribution in [2.75, 3.05) is 7.11 Å². The van der Waals surface area contributed by atoms with Gasteiger partial charge in [-0.25, -0.2) is 4.79 Å². The van der Waals surface area contributed by atoms with Gasteiger partial charge in [-0.3, -0.25) is 9.59 Å². The number of carboxylic acid groups (broad SMARTS) is 1. The Morgan fingerprint density at radius 3 is 2.38 bits per heavy atom. The van der Waals surface area contributed by atoms with Crippen LogP contribution in [0.2, 0.25) is 5.02 Å². The molecule has 0 radical (unpaired) electrons. The Labute approximate surface area is 200 Å². The van der Waals surface area contributed by atoms with Gasteiger partial charge in [0, 0.05) is 16.7 Å². The van der Waals surface area contributed by atoms with Gasteiger partial charge < -0.3 is 14.6 Å². The molecule has 2 amide bonds. The molecule has 4 atom stereocenters. The average Bonchev–Trinajstić information content (AvgIpc) is 3.51. The number of fused-ring (bicyclic) bond motifs is 5. The van der Waals surface area contributed by atoms with E-state index in [1.807, 2.05) is 12.2 Å². The number of hydrazone groups is 1. The molecular weight excluding hydrogens is 460 g/mol. The molecule has 8 nitrogen and oxygen atoms in total. The molecule has 1 saturated carbocycles. The molecule has 0 unspecified atom stereocenters. The minimum atomic E-state index is -1.01. The number of nitrogens with zero attached hydrogens (tertiary/aromatic N) is 2. The fraction of sp³-hybridized carbons (Fsp3) is 0.280. The standard InChI is InChI=1S/C25H21ClN2O6/c1-33-19-10-18(26)9-17(22(19)34-12-13-2-4-14(5-3-13)25(31)32)11-27-28-23(29)20-15-6-7-16(8-15)21(20)24(28)30/h2-7,9-11,15-16,20-21H,8,12H2,1H3,(H,31,32)/t15-,16-,20-,21+/m0/s1. The van der Waals surface area contributed by atoms with E-state index in [1.54, 1.807) is 24.3 Å². The van der Waals surface area contributed by atoms with E-state index in [-0.39, 0.29) is 47.7 Å². The average molecular weight is 481 g/mol. The number of carbonyl (C=O) groups is 3. The summed E-state index contributed by atoms with van der Waals surface area (Å²) in [5.41, 5.74) is 1.35. The van der Waals surface area contributed by atoms with E-state index in [0.717, 1.165) is 17.0 Å². The molecule has 5 rings (SSSR count). The Morgan fingerprint density at radius 2 is 1.79 bits per heavy atom. The Bertz CT molecular complexity index is 1210. The maximum absolute atomic E-state index is 12.9. The van der Waals surface area contributed by atoms with E-state index in [4.69, 9.17) is 26.2 Å². The molecule has 174 valence electrons. The van der Waals surface area contributed by atoms with E-state index >= 15 is 0 Å². The summed E-state index contributed by atoms with van der Waals surface area (Å²) in [6.07, 6.45) is 6.28. The summed E-state index contributed by atoms with van der Waals surface area (Å²) in [4.78, 5) is 36.9. The Hall–Kier alpha value is -3.65. The first kappa shape index (κ1) is 22.2. The first-order chi connectivity index (χ1) is 16.4. The molecule has 3 aliphatic rings. The van der Waals surface area contributed by atoms with Crippen LogP contribution < -0.4 is 9.47 Å². The number of halogens is 1. The molecule has 2 aliphatic carbocycles. The third-order valence-electron chi connectivity index (χ3n) is 6.61. The van der Waals surface area contributed by atoms with Crippen molar-refractivity contribution in [2.24, 2.45) is 28.8 Å². The van der Waals surface area contributed by atoms with Crippen LogP contribution in [0, 0.1) is 23.7 Å². The SMILES string of the molecule is COc1cc(Cl)cc(C=NN2C(=O)[C@@H]3[C@H](C2=O)[C@H]2C=C[C@H]3C2)c1OCc1ccc(C(=O)O)cc1. The van der Waals surface area contributed by atoms with Crippen molar-refractivity contribution in [1.29, 1.82) is 0 Å². The van der Waals surface area contributed by atoms with Gasteiger partial charge in [0.05, 0.1) is 30.7 Å². The number of methoxy groups -OCH3 is 1. The lowest BCUT2D eigenvalue weighted by Gasteiger charge is -2.15. The third kappa shape index (κ3) is 3.74. The maximum Gasteiger partial charge on any atom is 0.335 e. The van der Waals surface area contributed by atoms with Gasteiger partial charge in [0.15, 0.2) is 11.5 Å². The number of hydrogen-bond acceptors (Lipinski definition) is 6. The van der Waals surface area contributed by atoms with Gasteiger partial charge in [0.25, 0.3) is 11.8 Å². The van der Waals surface area contributed by atoms with Gasteiger partial charge in [0.2, 0.25) is 0 Å². The quantitative estimate of drug-likeness (QED) is 0.367. The van der Waals surface area contributed by atoms with Crippen molar-refractivity contribution in [2.45, 2.75) is 13.0 Å². The van der Waals surface area contributed by atoms with Gasteiger partial charge in [-0.2, -0.15) is 10.1 Å². The molecule has 1 saturated heterocycles. The predicted octanol–water partition coefficient (Wildman–Crippen LogP) is 3.77. The lowest BCUT2D eigenvalue weighted by atomic mass is 9.85. The first-order valence-electron chi connectivity index (χ1n) is 10.8. The molecule has 1 aliphatic heterocycles. The molecule has 2 aromatic rings. The van der Waals surface area contributed by atoms with Crippen LogP contribution in [0.4, 0.5) is 0 Å². The maximum atomic E-state index is 12.9. The number of aromatic carboxylic acids is 1. The van der Waals surface area contributed by atoms with E-state index in [9.17, 15) is 14.4 Å². The van der Waals surface area contributed by atoms with E-state index in [1.165, 1.54) is 25.5 Å². The zero-order valence-electron chi connectivity index (χ0n) is 18.2. The molecule has 9 heteroatoms. The molecule has 2 bridgehead atoms. The van der Waals surface area contributed by atoms with E-state index < -0.39 is 5.97 Å². The van der Waals surface area contributed by atoms with Crippen LogP contribution in [0.5, 0.6) is 11.5 Å². The number of rotatable bonds is 7. The van der Waals surface area contributed by atoms with Crippen molar-refractivity contribution in [3.63, 3.8) is 0 Å². The first-order valence-corrected chi connectivity index (χ1v) is 11.2. The summed E-state index contributed by atoms with van der Waals surface area (Å²) >= 11 is 6.23. The van der Waals surface area contributed by atoms with Gasteiger partial charge in [-0.15, -0.1) is 0 Å². The van der Waals surface area contributed by atoms with E-state index in [0.29, 0.717) is 22.1 Å². The molecule has 34 heavy (non-hydrogen) atoms. The minimum Gasteiger partial charge on any atom is -0.493 e. The third-order valence-corrected chi connectivity index (χ3v) is 6.83. The highest BCUT2D eigenvalue weighted by molar-refractivity contribution is 6.31. The molecule has 0 aromatic heterocycles. The van der Waals surface area contributed by atoms with Crippen LogP contribution in [0.1, 0.15) is 27.9 Å². The molecular formula is C25H21ClN2O6. The molecule has 1 N–H and O–H groups in total. The number of benzene rings is 2.